The fraction of sp³-hybridized carbons (Fsp3) is 0.308. The zero-order chi connectivity index (χ0) is 12.3. The Labute approximate surface area is 100 Å². The van der Waals surface area contributed by atoms with Gasteiger partial charge in [-0.25, -0.2) is 0 Å². The van der Waals surface area contributed by atoms with E-state index < -0.39 is 0 Å². The van der Waals surface area contributed by atoms with Crippen LogP contribution in [0.25, 0.3) is 0 Å². The van der Waals surface area contributed by atoms with Gasteiger partial charge in [-0.15, -0.1) is 0 Å². The van der Waals surface area contributed by atoms with Gasteiger partial charge >= 0.3 is 0 Å². The molecule has 2 aromatic rings. The second-order valence-corrected chi connectivity index (χ2v) is 4.05. The van der Waals surface area contributed by atoms with Crippen LogP contribution < -0.4 is 10.5 Å². The Morgan fingerprint density at radius 2 is 2.12 bits per heavy atom. The summed E-state index contributed by atoms with van der Waals surface area (Å²) in [5.41, 5.74) is 8.47. The molecule has 0 saturated heterocycles. The van der Waals surface area contributed by atoms with E-state index in [-0.39, 0.29) is 0 Å². The lowest BCUT2D eigenvalue weighted by atomic mass is 10.1. The molecule has 1 heterocycles. The predicted molar refractivity (Wildman–Crippen MR) is 64.6 cm³/mol. The van der Waals surface area contributed by atoms with Gasteiger partial charge < -0.3 is 15.0 Å². The molecular weight excluding hydrogens is 216 g/mol. The molecule has 0 aliphatic carbocycles. The Hall–Kier alpha value is -1.81. The van der Waals surface area contributed by atoms with Gasteiger partial charge in [0.25, 0.3) is 0 Å². The highest BCUT2D eigenvalue weighted by atomic mass is 16.5. The average molecular weight is 232 g/mol. The van der Waals surface area contributed by atoms with E-state index in [0.29, 0.717) is 18.9 Å². The van der Waals surface area contributed by atoms with Crippen LogP contribution in [0.5, 0.6) is 5.75 Å². The maximum Gasteiger partial charge on any atom is 0.174 e. The van der Waals surface area contributed by atoms with Crippen molar-refractivity contribution in [1.29, 1.82) is 0 Å². The first-order chi connectivity index (χ1) is 8.19. The summed E-state index contributed by atoms with van der Waals surface area (Å²) in [5, 5.41) is 3.81. The molecule has 4 nitrogen and oxygen atoms in total. The molecule has 0 aliphatic heterocycles. The number of aromatic nitrogens is 1. The van der Waals surface area contributed by atoms with Crippen LogP contribution in [-0.4, -0.2) is 5.16 Å². The normalized spacial score (nSPS) is 10.5. The van der Waals surface area contributed by atoms with Crippen molar-refractivity contribution < 1.29 is 9.26 Å². The maximum atomic E-state index is 5.69. The topological polar surface area (TPSA) is 61.3 Å². The maximum absolute atomic E-state index is 5.69. The second-order valence-electron chi connectivity index (χ2n) is 4.05. The minimum Gasteiger partial charge on any atom is -0.485 e. The molecule has 1 aromatic carbocycles. The summed E-state index contributed by atoms with van der Waals surface area (Å²) >= 11 is 0. The van der Waals surface area contributed by atoms with E-state index in [9.17, 15) is 0 Å². The third-order valence-corrected chi connectivity index (χ3v) is 2.53. The highest BCUT2D eigenvalue weighted by molar-refractivity contribution is 5.36. The van der Waals surface area contributed by atoms with Crippen molar-refractivity contribution in [3.05, 3.63) is 46.8 Å². The first-order valence-electron chi connectivity index (χ1n) is 5.53. The smallest absolute Gasteiger partial charge is 0.174 e. The molecule has 4 heteroatoms. The minimum absolute atomic E-state index is 0.372. The molecule has 17 heavy (non-hydrogen) atoms. The van der Waals surface area contributed by atoms with Gasteiger partial charge in [-0.3, -0.25) is 0 Å². The summed E-state index contributed by atoms with van der Waals surface area (Å²) in [4.78, 5) is 0. The van der Waals surface area contributed by atoms with Gasteiger partial charge in [-0.05, 0) is 31.0 Å². The van der Waals surface area contributed by atoms with E-state index in [2.05, 4.69) is 11.2 Å². The number of nitrogens with two attached hydrogens (primary N) is 1. The fourth-order valence-corrected chi connectivity index (χ4v) is 1.53. The molecular formula is C13H16N2O2. The fourth-order valence-electron chi connectivity index (χ4n) is 1.53. The van der Waals surface area contributed by atoms with Gasteiger partial charge in [0, 0.05) is 12.6 Å². The van der Waals surface area contributed by atoms with E-state index in [1.54, 1.807) is 0 Å². The standard InChI is InChI=1S/C13H16N2O2/c1-9-3-4-10(2)13(5-9)16-8-12-6-11(7-14)15-17-12/h3-6H,7-8,14H2,1-2H3. The van der Waals surface area contributed by atoms with E-state index in [4.69, 9.17) is 15.0 Å². The lowest BCUT2D eigenvalue weighted by Gasteiger charge is -2.07. The average Bonchev–Trinajstić information content (AvgIpc) is 2.78. The van der Waals surface area contributed by atoms with Crippen molar-refractivity contribution in [1.82, 2.24) is 5.16 Å². The molecule has 2 rings (SSSR count). The molecule has 0 radical (unpaired) electrons. The minimum atomic E-state index is 0.372. The molecule has 0 aliphatic rings. The van der Waals surface area contributed by atoms with Crippen molar-refractivity contribution in [3.63, 3.8) is 0 Å². The third-order valence-electron chi connectivity index (χ3n) is 2.53. The van der Waals surface area contributed by atoms with Crippen LogP contribution in [0.1, 0.15) is 22.6 Å². The van der Waals surface area contributed by atoms with Crippen LogP contribution in [0.15, 0.2) is 28.8 Å². The highest BCUT2D eigenvalue weighted by Crippen LogP contribution is 2.20. The number of nitrogens with zero attached hydrogens (tertiary/aromatic N) is 1. The highest BCUT2D eigenvalue weighted by Gasteiger charge is 2.05. The van der Waals surface area contributed by atoms with Gasteiger partial charge in [-0.2, -0.15) is 0 Å². The van der Waals surface area contributed by atoms with E-state index in [0.717, 1.165) is 17.0 Å². The molecule has 0 fully saturated rings. The van der Waals surface area contributed by atoms with Crippen molar-refractivity contribution in [2.45, 2.75) is 27.0 Å². The molecule has 0 atom stereocenters. The number of rotatable bonds is 4. The van der Waals surface area contributed by atoms with Gasteiger partial charge in [0.05, 0.1) is 5.69 Å². The first-order valence-corrected chi connectivity index (χ1v) is 5.53. The molecule has 1 aromatic heterocycles. The van der Waals surface area contributed by atoms with Gasteiger partial charge in [0.15, 0.2) is 5.76 Å². The second kappa shape index (κ2) is 5.01. The Morgan fingerprint density at radius 1 is 1.29 bits per heavy atom. The van der Waals surface area contributed by atoms with Crippen LogP contribution in [0.2, 0.25) is 0 Å². The van der Waals surface area contributed by atoms with Crippen LogP contribution in [-0.2, 0) is 13.2 Å². The molecule has 0 saturated carbocycles. The lowest BCUT2D eigenvalue weighted by Crippen LogP contribution is -1.97. The Morgan fingerprint density at radius 3 is 2.82 bits per heavy atom. The zero-order valence-corrected chi connectivity index (χ0v) is 10.1. The lowest BCUT2D eigenvalue weighted by molar-refractivity contribution is 0.247. The van der Waals surface area contributed by atoms with Crippen molar-refractivity contribution >= 4 is 0 Å². The number of hydrogen-bond donors (Lipinski definition) is 1. The summed E-state index contributed by atoms with van der Waals surface area (Å²) in [6, 6.07) is 7.92. The summed E-state index contributed by atoms with van der Waals surface area (Å²) < 4.78 is 10.8. The summed E-state index contributed by atoms with van der Waals surface area (Å²) in [6.45, 7) is 4.80. The third kappa shape index (κ3) is 2.85. The predicted octanol–water partition coefficient (Wildman–Crippen LogP) is 2.33. The van der Waals surface area contributed by atoms with E-state index in [1.807, 2.05) is 32.0 Å². The summed E-state index contributed by atoms with van der Waals surface area (Å²) in [5.74, 6) is 1.56. The van der Waals surface area contributed by atoms with Crippen molar-refractivity contribution in [2.24, 2.45) is 5.73 Å². The molecule has 0 amide bonds. The number of aryl methyl sites for hydroxylation is 2. The van der Waals surface area contributed by atoms with E-state index in [1.165, 1.54) is 5.56 Å². The molecule has 90 valence electrons. The van der Waals surface area contributed by atoms with Gasteiger partial charge in [-0.1, -0.05) is 17.3 Å². The van der Waals surface area contributed by atoms with Gasteiger partial charge in [0.1, 0.15) is 12.4 Å². The summed E-state index contributed by atoms with van der Waals surface area (Å²) in [7, 11) is 0. The molecule has 2 N–H and O–H groups in total. The van der Waals surface area contributed by atoms with Crippen LogP contribution in [0.4, 0.5) is 0 Å². The molecule has 0 bridgehead atoms. The van der Waals surface area contributed by atoms with Crippen LogP contribution >= 0.6 is 0 Å². The first kappa shape index (κ1) is 11.7. The Balaban J connectivity index is 2.04. The Kier molecular flexibility index (Phi) is 3.44. The van der Waals surface area contributed by atoms with Crippen LogP contribution in [0.3, 0.4) is 0 Å². The zero-order valence-electron chi connectivity index (χ0n) is 10.1. The quantitative estimate of drug-likeness (QED) is 0.878. The molecule has 0 spiro atoms. The van der Waals surface area contributed by atoms with Crippen molar-refractivity contribution in [2.75, 3.05) is 0 Å². The number of hydrogen-bond acceptors (Lipinski definition) is 4. The summed E-state index contributed by atoms with van der Waals surface area (Å²) in [6.07, 6.45) is 0. The Bertz CT molecular complexity index is 506. The SMILES string of the molecule is Cc1ccc(C)c(OCc2cc(CN)no2)c1. The monoisotopic (exact) mass is 232 g/mol. The van der Waals surface area contributed by atoms with Crippen molar-refractivity contribution in [3.8, 4) is 5.75 Å². The number of ether oxygens (including phenoxy) is 1. The van der Waals surface area contributed by atoms with E-state index >= 15 is 0 Å². The largest absolute Gasteiger partial charge is 0.485 e. The van der Waals surface area contributed by atoms with Gasteiger partial charge in [0.2, 0.25) is 0 Å². The van der Waals surface area contributed by atoms with Crippen LogP contribution in [0, 0.1) is 13.8 Å². The molecule has 0 unspecified atom stereocenters. The number of benzene rings is 1.